The molecular formula is C26H21NO3. The summed E-state index contributed by atoms with van der Waals surface area (Å²) in [5.74, 6) is -0.428. The summed E-state index contributed by atoms with van der Waals surface area (Å²) in [4.78, 5) is 26.9. The van der Waals surface area contributed by atoms with Gasteiger partial charge in [-0.1, -0.05) is 72.8 Å². The Balaban J connectivity index is 1.44. The van der Waals surface area contributed by atoms with Crippen molar-refractivity contribution in [2.45, 2.75) is 25.5 Å². The highest BCUT2D eigenvalue weighted by molar-refractivity contribution is 5.82. The lowest BCUT2D eigenvalue weighted by Gasteiger charge is -2.32. The highest BCUT2D eigenvalue weighted by atomic mass is 16.5. The number of carbonyl (C=O) groups excluding carboxylic acids is 2. The molecule has 0 N–H and O–H groups in total. The number of ether oxygens (including phenoxy) is 1. The van der Waals surface area contributed by atoms with Crippen molar-refractivity contribution in [2.24, 2.45) is 0 Å². The molecule has 4 heteroatoms. The maximum Gasteiger partial charge on any atom is 0.309 e. The maximum absolute atomic E-state index is 13.1. The minimum Gasteiger partial charge on any atom is -0.452 e. The Morgan fingerprint density at radius 1 is 0.833 bits per heavy atom. The lowest BCUT2D eigenvalue weighted by Crippen LogP contribution is -2.32. The van der Waals surface area contributed by atoms with E-state index in [1.807, 2.05) is 66.7 Å². The van der Waals surface area contributed by atoms with Gasteiger partial charge in [-0.25, -0.2) is 0 Å². The van der Waals surface area contributed by atoms with Gasteiger partial charge in [0.05, 0.1) is 12.5 Å². The zero-order valence-corrected chi connectivity index (χ0v) is 16.6. The van der Waals surface area contributed by atoms with Crippen LogP contribution in [0.4, 0.5) is 0 Å². The first-order valence-corrected chi connectivity index (χ1v) is 10.1. The van der Waals surface area contributed by atoms with Crippen molar-refractivity contribution < 1.29 is 14.3 Å². The number of nitrogens with zero attached hydrogens (tertiary/aromatic N) is 1. The van der Waals surface area contributed by atoms with Gasteiger partial charge in [0, 0.05) is 24.3 Å². The van der Waals surface area contributed by atoms with Crippen LogP contribution in [0.3, 0.4) is 0 Å². The van der Waals surface area contributed by atoms with Gasteiger partial charge in [0.2, 0.25) is 5.91 Å². The molecule has 30 heavy (non-hydrogen) atoms. The molecule has 0 aromatic heterocycles. The summed E-state index contributed by atoms with van der Waals surface area (Å²) in [6.07, 6.45) is 3.33. The zero-order valence-electron chi connectivity index (χ0n) is 16.6. The topological polar surface area (TPSA) is 46.6 Å². The van der Waals surface area contributed by atoms with Gasteiger partial charge in [-0.05, 0) is 28.3 Å². The average molecular weight is 395 g/mol. The summed E-state index contributed by atoms with van der Waals surface area (Å²) in [5, 5.41) is 0. The van der Waals surface area contributed by atoms with Crippen molar-refractivity contribution in [3.63, 3.8) is 0 Å². The first-order chi connectivity index (χ1) is 14.6. The van der Waals surface area contributed by atoms with Crippen LogP contribution in [0.25, 0.3) is 17.2 Å². The second kappa shape index (κ2) is 7.30. The van der Waals surface area contributed by atoms with Crippen LogP contribution in [0.5, 0.6) is 0 Å². The molecule has 0 bridgehead atoms. The summed E-state index contributed by atoms with van der Waals surface area (Å²) >= 11 is 0. The Bertz CT molecular complexity index is 1130. The molecule has 0 unspecified atom stereocenters. The first-order valence-electron chi connectivity index (χ1n) is 10.1. The fourth-order valence-corrected chi connectivity index (χ4v) is 4.49. The molecule has 0 saturated heterocycles. The van der Waals surface area contributed by atoms with Crippen LogP contribution in [-0.4, -0.2) is 16.8 Å². The standard InChI is InChI=1S/C26H21NO3/c1-17(28)27-15-14-18-8-2-3-9-19(18)24(27)16-25(29)30-26-22-12-6-4-10-20(22)21-11-5-7-13-23(21)26/h2-15,24,26H,16H2,1H3/t24-/m1/s1. The molecule has 1 aliphatic carbocycles. The molecular weight excluding hydrogens is 374 g/mol. The van der Waals surface area contributed by atoms with E-state index >= 15 is 0 Å². The lowest BCUT2D eigenvalue weighted by molar-refractivity contribution is -0.149. The number of benzene rings is 3. The fraction of sp³-hybridized carbons (Fsp3) is 0.154. The largest absolute Gasteiger partial charge is 0.452 e. The third-order valence-electron chi connectivity index (χ3n) is 5.86. The Hall–Kier alpha value is -3.66. The van der Waals surface area contributed by atoms with Gasteiger partial charge in [-0.2, -0.15) is 0 Å². The highest BCUT2D eigenvalue weighted by Crippen LogP contribution is 2.45. The van der Waals surface area contributed by atoms with Crippen LogP contribution in [0.1, 0.15) is 47.7 Å². The van der Waals surface area contributed by atoms with Crippen molar-refractivity contribution in [3.05, 3.63) is 101 Å². The number of fused-ring (bicyclic) bond motifs is 4. The van der Waals surface area contributed by atoms with E-state index in [0.29, 0.717) is 0 Å². The van der Waals surface area contributed by atoms with E-state index in [0.717, 1.165) is 33.4 Å². The van der Waals surface area contributed by atoms with Gasteiger partial charge in [0.15, 0.2) is 6.10 Å². The van der Waals surface area contributed by atoms with E-state index < -0.39 is 6.10 Å². The fourth-order valence-electron chi connectivity index (χ4n) is 4.49. The van der Waals surface area contributed by atoms with E-state index in [2.05, 4.69) is 12.1 Å². The number of hydrogen-bond donors (Lipinski definition) is 0. The average Bonchev–Trinajstić information content (AvgIpc) is 3.08. The molecule has 3 aromatic rings. The number of esters is 1. The minimum absolute atomic E-state index is 0.0990. The number of hydrogen-bond acceptors (Lipinski definition) is 3. The van der Waals surface area contributed by atoms with Crippen molar-refractivity contribution in [2.75, 3.05) is 0 Å². The van der Waals surface area contributed by atoms with Crippen LogP contribution >= 0.6 is 0 Å². The molecule has 1 atom stereocenters. The van der Waals surface area contributed by atoms with Crippen LogP contribution < -0.4 is 0 Å². The SMILES string of the molecule is CC(=O)N1C=Cc2ccccc2[C@H]1CC(=O)OC1c2ccccc2-c2ccccc21. The predicted molar refractivity (Wildman–Crippen MR) is 115 cm³/mol. The Morgan fingerprint density at radius 2 is 1.40 bits per heavy atom. The van der Waals surface area contributed by atoms with E-state index in [-0.39, 0.29) is 24.3 Å². The zero-order chi connectivity index (χ0) is 20.7. The van der Waals surface area contributed by atoms with Gasteiger partial charge >= 0.3 is 5.97 Å². The Morgan fingerprint density at radius 3 is 2.03 bits per heavy atom. The van der Waals surface area contributed by atoms with Gasteiger partial charge in [-0.15, -0.1) is 0 Å². The minimum atomic E-state index is -0.426. The second-order valence-corrected chi connectivity index (χ2v) is 7.64. The molecule has 4 nitrogen and oxygen atoms in total. The van der Waals surface area contributed by atoms with Gasteiger partial charge in [0.25, 0.3) is 0 Å². The van der Waals surface area contributed by atoms with E-state index in [9.17, 15) is 9.59 Å². The molecule has 0 saturated carbocycles. The molecule has 5 rings (SSSR count). The summed E-state index contributed by atoms with van der Waals surface area (Å²) in [7, 11) is 0. The van der Waals surface area contributed by atoms with Gasteiger partial charge < -0.3 is 9.64 Å². The van der Waals surface area contributed by atoms with Crippen LogP contribution in [0.15, 0.2) is 79.0 Å². The predicted octanol–water partition coefficient (Wildman–Crippen LogP) is 5.26. The summed E-state index contributed by atoms with van der Waals surface area (Å²) in [5.41, 5.74) is 6.17. The van der Waals surface area contributed by atoms with Crippen LogP contribution in [-0.2, 0) is 14.3 Å². The monoisotopic (exact) mass is 395 g/mol. The number of carbonyl (C=O) groups is 2. The summed E-state index contributed by atoms with van der Waals surface area (Å²) in [6.45, 7) is 1.51. The van der Waals surface area contributed by atoms with Crippen molar-refractivity contribution in [1.82, 2.24) is 4.90 Å². The summed E-state index contributed by atoms with van der Waals surface area (Å²) in [6, 6.07) is 23.5. The molecule has 1 heterocycles. The molecule has 1 aliphatic heterocycles. The Labute approximate surface area is 175 Å². The molecule has 2 aliphatic rings. The van der Waals surface area contributed by atoms with Crippen molar-refractivity contribution >= 4 is 18.0 Å². The van der Waals surface area contributed by atoms with Gasteiger partial charge in [0.1, 0.15) is 0 Å². The van der Waals surface area contributed by atoms with Crippen molar-refractivity contribution in [1.29, 1.82) is 0 Å². The lowest BCUT2D eigenvalue weighted by atomic mass is 9.94. The smallest absolute Gasteiger partial charge is 0.309 e. The normalized spacial score (nSPS) is 16.6. The number of amides is 1. The molecule has 3 aromatic carbocycles. The quantitative estimate of drug-likeness (QED) is 0.568. The van der Waals surface area contributed by atoms with E-state index in [1.54, 1.807) is 11.1 Å². The summed E-state index contributed by atoms with van der Waals surface area (Å²) < 4.78 is 6.01. The van der Waals surface area contributed by atoms with Crippen LogP contribution in [0.2, 0.25) is 0 Å². The number of rotatable bonds is 3. The maximum atomic E-state index is 13.1. The molecule has 0 radical (unpaired) electrons. The molecule has 148 valence electrons. The second-order valence-electron chi connectivity index (χ2n) is 7.64. The molecule has 1 amide bonds. The van der Waals surface area contributed by atoms with E-state index in [1.165, 1.54) is 6.92 Å². The van der Waals surface area contributed by atoms with Crippen LogP contribution in [0, 0.1) is 0 Å². The third kappa shape index (κ3) is 3.01. The first kappa shape index (κ1) is 18.4. The third-order valence-corrected chi connectivity index (χ3v) is 5.86. The molecule has 0 spiro atoms. The Kier molecular flexibility index (Phi) is 4.47. The highest BCUT2D eigenvalue weighted by Gasteiger charge is 2.33. The van der Waals surface area contributed by atoms with E-state index in [4.69, 9.17) is 4.74 Å². The molecule has 0 fully saturated rings. The van der Waals surface area contributed by atoms with Gasteiger partial charge in [-0.3, -0.25) is 9.59 Å². The van der Waals surface area contributed by atoms with Crippen molar-refractivity contribution in [3.8, 4) is 11.1 Å².